The van der Waals surface area contributed by atoms with Crippen LogP contribution in [0.1, 0.15) is 181 Å². The predicted molar refractivity (Wildman–Crippen MR) is 208 cm³/mol. The number of nitrogens with two attached hydrogens (primary N) is 1. The molecule has 300 valence electrons. The van der Waals surface area contributed by atoms with Gasteiger partial charge in [0.2, 0.25) is 0 Å². The number of unbranched alkanes of at least 4 members (excludes halogenated alkanes) is 21. The molecule has 0 rings (SSSR count). The average Bonchev–Trinajstić information content (AvgIpc) is 3.10. The van der Waals surface area contributed by atoms with E-state index in [0.717, 1.165) is 57.8 Å². The Kier molecular flexibility index (Phi) is 35.7. The molecule has 4 N–H and O–H groups in total. The first kappa shape index (κ1) is 49.5. The van der Waals surface area contributed by atoms with Gasteiger partial charge in [-0.2, -0.15) is 0 Å². The maximum absolute atomic E-state index is 12.6. The van der Waals surface area contributed by atoms with E-state index in [1.807, 2.05) is 0 Å². The summed E-state index contributed by atoms with van der Waals surface area (Å²) in [5.41, 5.74) is 5.34. The second-order valence-electron chi connectivity index (χ2n) is 13.8. The minimum absolute atomic E-state index is 0.0149. The molecule has 0 aliphatic heterocycles. The summed E-state index contributed by atoms with van der Waals surface area (Å²) in [6, 6.07) is -1.47. The van der Waals surface area contributed by atoms with Crippen molar-refractivity contribution in [2.75, 3.05) is 26.4 Å². The molecule has 0 bridgehead atoms. The lowest BCUT2D eigenvalue weighted by Crippen LogP contribution is -2.34. The number of aliphatic carboxylic acids is 1. The van der Waals surface area contributed by atoms with Crippen LogP contribution in [-0.4, -0.2) is 60.5 Å². The molecule has 0 aromatic carbocycles. The van der Waals surface area contributed by atoms with Gasteiger partial charge in [0.25, 0.3) is 0 Å². The summed E-state index contributed by atoms with van der Waals surface area (Å²) in [5, 5.41) is 8.87. The maximum Gasteiger partial charge on any atom is 0.472 e. The average molecular weight is 746 g/mol. The van der Waals surface area contributed by atoms with Crippen molar-refractivity contribution in [3.8, 4) is 0 Å². The first-order valence-corrected chi connectivity index (χ1v) is 21.9. The normalized spacial score (nSPS) is 14.3. The van der Waals surface area contributed by atoms with Gasteiger partial charge in [-0.05, 0) is 44.9 Å². The Bertz CT molecular complexity index is 914. The van der Waals surface area contributed by atoms with Crippen molar-refractivity contribution in [3.63, 3.8) is 0 Å². The molecule has 11 heteroatoms. The van der Waals surface area contributed by atoms with Crippen LogP contribution in [0.2, 0.25) is 0 Å². The molecule has 0 saturated heterocycles. The number of allylic oxidation sites excluding steroid dienone is 4. The van der Waals surface area contributed by atoms with Crippen LogP contribution in [0.4, 0.5) is 0 Å². The Balaban J connectivity index is 4.29. The number of ether oxygens (including phenoxy) is 2. The van der Waals surface area contributed by atoms with E-state index in [1.165, 1.54) is 96.3 Å². The largest absolute Gasteiger partial charge is 0.480 e. The van der Waals surface area contributed by atoms with Gasteiger partial charge in [0.15, 0.2) is 0 Å². The summed E-state index contributed by atoms with van der Waals surface area (Å²) in [7, 11) is -4.61. The highest BCUT2D eigenvalue weighted by atomic mass is 31.2. The molecule has 0 amide bonds. The van der Waals surface area contributed by atoms with Crippen molar-refractivity contribution < 1.29 is 42.7 Å². The fraction of sp³-hybridized carbons (Fsp3) is 0.850. The predicted octanol–water partition coefficient (Wildman–Crippen LogP) is 10.8. The number of hydrogen-bond donors (Lipinski definition) is 3. The van der Waals surface area contributed by atoms with Crippen LogP contribution >= 0.6 is 7.82 Å². The zero-order valence-corrected chi connectivity index (χ0v) is 33.3. The summed E-state index contributed by atoms with van der Waals surface area (Å²) in [6.07, 6.45) is 37.9. The van der Waals surface area contributed by atoms with E-state index in [1.54, 1.807) is 0 Å². The third-order valence-corrected chi connectivity index (χ3v) is 9.68. The van der Waals surface area contributed by atoms with Gasteiger partial charge in [0.1, 0.15) is 12.1 Å². The zero-order chi connectivity index (χ0) is 37.7. The lowest BCUT2D eigenvalue weighted by molar-refractivity contribution is -0.154. The summed E-state index contributed by atoms with van der Waals surface area (Å²) < 4.78 is 33.3. The molecule has 3 atom stereocenters. The first-order valence-electron chi connectivity index (χ1n) is 20.4. The molecule has 0 aliphatic carbocycles. The van der Waals surface area contributed by atoms with Gasteiger partial charge in [-0.15, -0.1) is 0 Å². The molecule has 0 aromatic rings. The van der Waals surface area contributed by atoms with Gasteiger partial charge in [-0.3, -0.25) is 18.6 Å². The van der Waals surface area contributed by atoms with Gasteiger partial charge in [0, 0.05) is 13.0 Å². The van der Waals surface area contributed by atoms with Crippen LogP contribution in [0.15, 0.2) is 24.3 Å². The molecule has 10 nitrogen and oxygen atoms in total. The number of esters is 1. The van der Waals surface area contributed by atoms with Crippen LogP contribution in [0, 0.1) is 0 Å². The summed E-state index contributed by atoms with van der Waals surface area (Å²) in [5.74, 6) is -1.79. The Labute approximate surface area is 311 Å². The lowest BCUT2D eigenvalue weighted by Gasteiger charge is -2.20. The number of carbonyl (C=O) groups is 2. The number of phosphoric ester groups is 1. The van der Waals surface area contributed by atoms with Crippen LogP contribution in [-0.2, 0) is 32.7 Å². The van der Waals surface area contributed by atoms with E-state index in [0.29, 0.717) is 13.0 Å². The van der Waals surface area contributed by atoms with Crippen molar-refractivity contribution in [2.45, 2.75) is 193 Å². The van der Waals surface area contributed by atoms with Crippen LogP contribution in [0.5, 0.6) is 0 Å². The quantitative estimate of drug-likeness (QED) is 0.0240. The highest BCUT2D eigenvalue weighted by molar-refractivity contribution is 7.47. The van der Waals surface area contributed by atoms with Gasteiger partial charge in [-0.1, -0.05) is 154 Å². The fourth-order valence-electron chi connectivity index (χ4n) is 5.52. The SMILES string of the molecule is CCCCC/C=C\C/C=C\CCCCCCCC(=O)O[C@H](COCCCCCCCCCCCCCCCC)COP(=O)(O)OC[C@H](N)C(=O)O. The van der Waals surface area contributed by atoms with E-state index in [2.05, 4.69) is 38.2 Å². The topological polar surface area (TPSA) is 155 Å². The second-order valence-corrected chi connectivity index (χ2v) is 15.2. The molecular formula is C40H76NO9P. The summed E-state index contributed by atoms with van der Waals surface area (Å²) in [4.78, 5) is 33.4. The van der Waals surface area contributed by atoms with Gasteiger partial charge >= 0.3 is 19.8 Å². The number of hydrogen-bond acceptors (Lipinski definition) is 8. The van der Waals surface area contributed by atoms with Crippen molar-refractivity contribution in [1.82, 2.24) is 0 Å². The molecule has 51 heavy (non-hydrogen) atoms. The Morgan fingerprint density at radius 3 is 1.63 bits per heavy atom. The third-order valence-electron chi connectivity index (χ3n) is 8.73. The van der Waals surface area contributed by atoms with Crippen LogP contribution in [0.3, 0.4) is 0 Å². The van der Waals surface area contributed by atoms with E-state index >= 15 is 0 Å². The van der Waals surface area contributed by atoms with E-state index in [4.69, 9.17) is 29.4 Å². The summed E-state index contributed by atoms with van der Waals surface area (Å²) >= 11 is 0. The fourth-order valence-corrected chi connectivity index (χ4v) is 6.29. The minimum atomic E-state index is -4.61. The molecule has 1 unspecified atom stereocenters. The van der Waals surface area contributed by atoms with Crippen LogP contribution in [0.25, 0.3) is 0 Å². The molecule has 0 aliphatic rings. The number of carboxylic acids is 1. The molecule has 0 spiro atoms. The molecule has 0 fully saturated rings. The Hall–Kier alpha value is -1.55. The van der Waals surface area contributed by atoms with Crippen molar-refractivity contribution in [2.24, 2.45) is 5.73 Å². The number of phosphoric acid groups is 1. The maximum atomic E-state index is 12.6. The molecular weight excluding hydrogens is 669 g/mol. The van der Waals surface area contributed by atoms with Gasteiger partial charge in [-0.25, -0.2) is 4.57 Å². The monoisotopic (exact) mass is 746 g/mol. The van der Waals surface area contributed by atoms with Crippen molar-refractivity contribution >= 4 is 19.8 Å². The number of carboxylic acid groups (broad SMARTS) is 1. The standard InChI is InChI=1S/C40H76NO9P/c1-3-5-7-9-11-13-15-17-19-20-22-24-26-28-30-32-39(42)50-37(35-48-51(45,46)49-36-38(41)40(43)44)34-47-33-31-29-27-25-23-21-18-16-14-12-10-8-6-4-2/h11,13,17,19,37-38H,3-10,12,14-16,18,20-36,41H2,1-2H3,(H,43,44)(H,45,46)/b13-11-,19-17-/t37-,38+/m1/s1. The van der Waals surface area contributed by atoms with Crippen LogP contribution < -0.4 is 5.73 Å². The van der Waals surface area contributed by atoms with E-state index in [-0.39, 0.29) is 13.0 Å². The van der Waals surface area contributed by atoms with E-state index < -0.39 is 45.1 Å². The number of rotatable bonds is 39. The minimum Gasteiger partial charge on any atom is -0.480 e. The smallest absolute Gasteiger partial charge is 0.472 e. The molecule has 0 aromatic heterocycles. The van der Waals surface area contributed by atoms with Gasteiger partial charge in [0.05, 0.1) is 19.8 Å². The Morgan fingerprint density at radius 1 is 0.627 bits per heavy atom. The molecule has 0 radical (unpaired) electrons. The molecule has 0 heterocycles. The zero-order valence-electron chi connectivity index (χ0n) is 32.5. The second kappa shape index (κ2) is 36.8. The third kappa shape index (κ3) is 36.6. The number of carbonyl (C=O) groups excluding carboxylic acids is 1. The highest BCUT2D eigenvalue weighted by Gasteiger charge is 2.27. The highest BCUT2D eigenvalue weighted by Crippen LogP contribution is 2.43. The lowest BCUT2D eigenvalue weighted by atomic mass is 10.0. The summed E-state index contributed by atoms with van der Waals surface area (Å²) in [6.45, 7) is 3.85. The first-order chi connectivity index (χ1) is 24.7. The van der Waals surface area contributed by atoms with Crippen molar-refractivity contribution in [1.29, 1.82) is 0 Å². The Morgan fingerprint density at radius 2 is 1.08 bits per heavy atom. The van der Waals surface area contributed by atoms with E-state index in [9.17, 15) is 19.0 Å². The molecule has 0 saturated carbocycles. The van der Waals surface area contributed by atoms with Crippen molar-refractivity contribution in [3.05, 3.63) is 24.3 Å². The van der Waals surface area contributed by atoms with Gasteiger partial charge < -0.3 is 25.2 Å².